The molecule has 0 radical (unpaired) electrons. The highest BCUT2D eigenvalue weighted by Crippen LogP contribution is 2.25. The Morgan fingerprint density at radius 1 is 1.00 bits per heavy atom. The number of rotatable bonds is 3. The average Bonchev–Trinajstić information content (AvgIpc) is 2.98. The van der Waals surface area contributed by atoms with Crippen LogP contribution in [-0.2, 0) is 0 Å². The molecule has 1 aromatic carbocycles. The van der Waals surface area contributed by atoms with E-state index in [0.29, 0.717) is 11.4 Å². The fourth-order valence-electron chi connectivity index (χ4n) is 2.00. The predicted molar refractivity (Wildman–Crippen MR) is 75.8 cm³/mol. The van der Waals surface area contributed by atoms with Gasteiger partial charge < -0.3 is 5.73 Å². The first-order valence-electron chi connectivity index (χ1n) is 6.10. The Bertz CT molecular complexity index is 749. The van der Waals surface area contributed by atoms with Gasteiger partial charge in [-0.3, -0.25) is 14.9 Å². The number of benzene rings is 1. The van der Waals surface area contributed by atoms with Gasteiger partial charge >= 0.3 is 0 Å². The van der Waals surface area contributed by atoms with Gasteiger partial charge in [-0.25, -0.2) is 0 Å². The van der Waals surface area contributed by atoms with Crippen LogP contribution in [0.3, 0.4) is 0 Å². The SMILES string of the molecule is NC(=O)c1cc(-c2cccc(-c3ccncc3)c2)n[nH]1. The minimum Gasteiger partial charge on any atom is -0.364 e. The molecular formula is C15H12N4O. The molecule has 3 aromatic rings. The zero-order valence-electron chi connectivity index (χ0n) is 10.6. The molecule has 5 heteroatoms. The van der Waals surface area contributed by atoms with E-state index < -0.39 is 5.91 Å². The monoisotopic (exact) mass is 264 g/mol. The third kappa shape index (κ3) is 2.29. The van der Waals surface area contributed by atoms with E-state index in [2.05, 4.69) is 15.2 Å². The zero-order valence-corrected chi connectivity index (χ0v) is 10.6. The minimum atomic E-state index is -0.519. The first-order chi connectivity index (χ1) is 9.74. The lowest BCUT2D eigenvalue weighted by Crippen LogP contribution is -2.10. The number of primary amides is 1. The van der Waals surface area contributed by atoms with E-state index in [-0.39, 0.29) is 0 Å². The van der Waals surface area contributed by atoms with Crippen LogP contribution in [0.5, 0.6) is 0 Å². The van der Waals surface area contributed by atoms with Crippen LogP contribution in [0.4, 0.5) is 0 Å². The lowest BCUT2D eigenvalue weighted by atomic mass is 10.0. The van der Waals surface area contributed by atoms with Crippen LogP contribution in [0.1, 0.15) is 10.5 Å². The van der Waals surface area contributed by atoms with E-state index in [0.717, 1.165) is 16.7 Å². The third-order valence-electron chi connectivity index (χ3n) is 3.02. The summed E-state index contributed by atoms with van der Waals surface area (Å²) in [4.78, 5) is 15.1. The molecule has 0 aliphatic rings. The summed E-state index contributed by atoms with van der Waals surface area (Å²) in [5.74, 6) is -0.519. The predicted octanol–water partition coefficient (Wildman–Crippen LogP) is 2.24. The maximum absolute atomic E-state index is 11.1. The summed E-state index contributed by atoms with van der Waals surface area (Å²) in [6, 6.07) is 13.4. The van der Waals surface area contributed by atoms with E-state index in [4.69, 9.17) is 5.73 Å². The number of hydrogen-bond donors (Lipinski definition) is 2. The van der Waals surface area contributed by atoms with Crippen LogP contribution in [0.2, 0.25) is 0 Å². The number of carbonyl (C=O) groups is 1. The van der Waals surface area contributed by atoms with Crippen molar-refractivity contribution in [3.63, 3.8) is 0 Å². The molecular weight excluding hydrogens is 252 g/mol. The Balaban J connectivity index is 2.01. The average molecular weight is 264 g/mol. The number of hydrogen-bond acceptors (Lipinski definition) is 3. The molecule has 0 atom stereocenters. The molecule has 2 heterocycles. The molecule has 5 nitrogen and oxygen atoms in total. The van der Waals surface area contributed by atoms with Gasteiger partial charge in [-0.1, -0.05) is 18.2 Å². The number of H-pyrrole nitrogens is 1. The Labute approximate surface area is 115 Å². The van der Waals surface area contributed by atoms with Gasteiger partial charge in [0.15, 0.2) is 0 Å². The number of amides is 1. The summed E-state index contributed by atoms with van der Waals surface area (Å²) < 4.78 is 0. The van der Waals surface area contributed by atoms with Crippen molar-refractivity contribution < 1.29 is 4.79 Å². The van der Waals surface area contributed by atoms with Crippen molar-refractivity contribution in [2.75, 3.05) is 0 Å². The molecule has 0 saturated carbocycles. The maximum Gasteiger partial charge on any atom is 0.266 e. The maximum atomic E-state index is 11.1. The van der Waals surface area contributed by atoms with Gasteiger partial charge in [0, 0.05) is 18.0 Å². The van der Waals surface area contributed by atoms with Crippen molar-refractivity contribution in [3.8, 4) is 22.4 Å². The van der Waals surface area contributed by atoms with Gasteiger partial charge in [-0.2, -0.15) is 5.10 Å². The number of pyridine rings is 1. The zero-order chi connectivity index (χ0) is 13.9. The van der Waals surface area contributed by atoms with E-state index in [1.54, 1.807) is 18.5 Å². The molecule has 0 fully saturated rings. The van der Waals surface area contributed by atoms with Crippen molar-refractivity contribution in [3.05, 3.63) is 60.6 Å². The second-order valence-corrected chi connectivity index (χ2v) is 4.35. The first-order valence-corrected chi connectivity index (χ1v) is 6.10. The van der Waals surface area contributed by atoms with Gasteiger partial charge in [0.05, 0.1) is 5.69 Å². The quantitative estimate of drug-likeness (QED) is 0.760. The molecule has 20 heavy (non-hydrogen) atoms. The lowest BCUT2D eigenvalue weighted by molar-refractivity contribution is 0.0995. The van der Waals surface area contributed by atoms with Gasteiger partial charge in [-0.05, 0) is 35.4 Å². The van der Waals surface area contributed by atoms with Crippen LogP contribution in [0, 0.1) is 0 Å². The molecule has 0 saturated heterocycles. The van der Waals surface area contributed by atoms with Crippen LogP contribution < -0.4 is 5.73 Å². The molecule has 3 N–H and O–H groups in total. The largest absolute Gasteiger partial charge is 0.364 e. The smallest absolute Gasteiger partial charge is 0.266 e. The fraction of sp³-hybridized carbons (Fsp3) is 0. The summed E-state index contributed by atoms with van der Waals surface area (Å²) in [6.45, 7) is 0. The second kappa shape index (κ2) is 4.97. The van der Waals surface area contributed by atoms with Gasteiger partial charge in [0.1, 0.15) is 5.69 Å². The number of nitrogens with zero attached hydrogens (tertiary/aromatic N) is 2. The highest BCUT2D eigenvalue weighted by Gasteiger charge is 2.08. The summed E-state index contributed by atoms with van der Waals surface area (Å²) in [5, 5.41) is 6.73. The molecule has 98 valence electrons. The Morgan fingerprint density at radius 2 is 1.75 bits per heavy atom. The van der Waals surface area contributed by atoms with Gasteiger partial charge in [0.2, 0.25) is 0 Å². The van der Waals surface area contributed by atoms with E-state index in [1.807, 2.05) is 36.4 Å². The van der Waals surface area contributed by atoms with Crippen LogP contribution in [0.15, 0.2) is 54.9 Å². The molecule has 1 amide bonds. The summed E-state index contributed by atoms with van der Waals surface area (Å²) >= 11 is 0. The highest BCUT2D eigenvalue weighted by atomic mass is 16.1. The van der Waals surface area contributed by atoms with E-state index in [1.165, 1.54) is 0 Å². The van der Waals surface area contributed by atoms with Crippen LogP contribution >= 0.6 is 0 Å². The van der Waals surface area contributed by atoms with Crippen molar-refractivity contribution in [2.24, 2.45) is 5.73 Å². The second-order valence-electron chi connectivity index (χ2n) is 4.35. The van der Waals surface area contributed by atoms with Gasteiger partial charge in [0.25, 0.3) is 5.91 Å². The van der Waals surface area contributed by atoms with Crippen molar-refractivity contribution in [1.82, 2.24) is 15.2 Å². The molecule has 0 spiro atoms. The molecule has 0 aliphatic heterocycles. The highest BCUT2D eigenvalue weighted by molar-refractivity contribution is 5.92. The molecule has 0 aliphatic carbocycles. The van der Waals surface area contributed by atoms with E-state index >= 15 is 0 Å². The third-order valence-corrected chi connectivity index (χ3v) is 3.02. The number of nitrogens with two attached hydrogens (primary N) is 1. The normalized spacial score (nSPS) is 10.4. The topological polar surface area (TPSA) is 84.7 Å². The van der Waals surface area contributed by atoms with Crippen molar-refractivity contribution >= 4 is 5.91 Å². The van der Waals surface area contributed by atoms with Crippen molar-refractivity contribution in [1.29, 1.82) is 0 Å². The Morgan fingerprint density at radius 3 is 2.45 bits per heavy atom. The molecule has 0 unspecified atom stereocenters. The number of carbonyl (C=O) groups excluding carboxylic acids is 1. The van der Waals surface area contributed by atoms with Crippen molar-refractivity contribution in [2.45, 2.75) is 0 Å². The Hall–Kier alpha value is -2.95. The fourth-order valence-corrected chi connectivity index (χ4v) is 2.00. The molecule has 0 bridgehead atoms. The Kier molecular flexibility index (Phi) is 3.01. The van der Waals surface area contributed by atoms with Gasteiger partial charge in [-0.15, -0.1) is 0 Å². The molecule has 3 rings (SSSR count). The van der Waals surface area contributed by atoms with E-state index in [9.17, 15) is 4.79 Å². The van der Waals surface area contributed by atoms with Crippen LogP contribution in [0.25, 0.3) is 22.4 Å². The number of aromatic nitrogens is 3. The minimum absolute atomic E-state index is 0.300. The molecule has 2 aromatic heterocycles. The lowest BCUT2D eigenvalue weighted by Gasteiger charge is -2.03. The number of nitrogens with one attached hydrogen (secondary N) is 1. The summed E-state index contributed by atoms with van der Waals surface area (Å²) in [6.07, 6.45) is 3.50. The standard InChI is InChI=1S/C15H12N4O/c16-15(20)14-9-13(18-19-14)12-3-1-2-11(8-12)10-4-6-17-7-5-10/h1-9H,(H2,16,20)(H,18,19). The first kappa shape index (κ1) is 12.1. The van der Waals surface area contributed by atoms with Crippen LogP contribution in [-0.4, -0.2) is 21.1 Å². The summed E-state index contributed by atoms with van der Waals surface area (Å²) in [5.41, 5.74) is 9.26. The summed E-state index contributed by atoms with van der Waals surface area (Å²) in [7, 11) is 0. The number of aromatic amines is 1.